The molecule has 0 saturated carbocycles. The molecular formula is C29H29N7O. The van der Waals surface area contributed by atoms with Crippen molar-refractivity contribution in [3.05, 3.63) is 78.1 Å². The van der Waals surface area contributed by atoms with Gasteiger partial charge >= 0.3 is 6.03 Å². The summed E-state index contributed by atoms with van der Waals surface area (Å²) in [4.78, 5) is 30.6. The average Bonchev–Trinajstić information content (AvgIpc) is 2.92. The maximum atomic E-state index is 12.9. The van der Waals surface area contributed by atoms with E-state index < -0.39 is 0 Å². The minimum Gasteiger partial charge on any atom is -0.351 e. The minimum atomic E-state index is -0.107. The van der Waals surface area contributed by atoms with E-state index in [1.54, 1.807) is 12.4 Å². The first-order valence-electron chi connectivity index (χ1n) is 12.4. The van der Waals surface area contributed by atoms with Gasteiger partial charge in [-0.1, -0.05) is 51.1 Å². The second-order valence-electron chi connectivity index (χ2n) is 10.2. The summed E-state index contributed by atoms with van der Waals surface area (Å²) in [6, 6.07) is 21.4. The molecule has 37 heavy (non-hydrogen) atoms. The zero-order valence-corrected chi connectivity index (χ0v) is 21.3. The van der Waals surface area contributed by atoms with Crippen LogP contribution in [0, 0.1) is 11.3 Å². The molecule has 1 aliphatic rings. The van der Waals surface area contributed by atoms with Gasteiger partial charge in [-0.3, -0.25) is 0 Å². The molecule has 1 aliphatic heterocycles. The van der Waals surface area contributed by atoms with E-state index in [1.165, 1.54) is 5.56 Å². The molecule has 0 atom stereocenters. The third kappa shape index (κ3) is 5.07. The van der Waals surface area contributed by atoms with Crippen LogP contribution in [0.4, 0.5) is 16.3 Å². The fourth-order valence-corrected chi connectivity index (χ4v) is 4.49. The monoisotopic (exact) mass is 491 g/mol. The topological polar surface area (TPSA) is 98.0 Å². The van der Waals surface area contributed by atoms with E-state index in [2.05, 4.69) is 59.2 Å². The summed E-state index contributed by atoms with van der Waals surface area (Å²) in [6.45, 7) is 8.89. The molecule has 0 spiro atoms. The van der Waals surface area contributed by atoms with Crippen LogP contribution in [0.15, 0.2) is 67.0 Å². The summed E-state index contributed by atoms with van der Waals surface area (Å²) >= 11 is 0. The third-order valence-electron chi connectivity index (χ3n) is 6.65. The highest BCUT2D eigenvalue weighted by Gasteiger charge is 2.24. The summed E-state index contributed by atoms with van der Waals surface area (Å²) in [5.41, 5.74) is 5.56. The minimum absolute atomic E-state index is 0.0682. The number of rotatable bonds is 3. The number of aromatic nitrogens is 3. The molecular weight excluding hydrogens is 462 g/mol. The molecule has 0 radical (unpaired) electrons. The van der Waals surface area contributed by atoms with Gasteiger partial charge in [-0.05, 0) is 41.3 Å². The molecule has 2 amide bonds. The highest BCUT2D eigenvalue weighted by atomic mass is 16.2. The van der Waals surface area contributed by atoms with Gasteiger partial charge in [0.25, 0.3) is 0 Å². The van der Waals surface area contributed by atoms with E-state index in [0.717, 1.165) is 22.6 Å². The molecule has 8 nitrogen and oxygen atoms in total. The molecule has 0 bridgehead atoms. The number of nitrogens with one attached hydrogen (secondary N) is 1. The van der Waals surface area contributed by atoms with Crippen LogP contribution in [-0.2, 0) is 5.41 Å². The maximum absolute atomic E-state index is 12.9. The van der Waals surface area contributed by atoms with E-state index >= 15 is 0 Å². The lowest BCUT2D eigenvalue weighted by molar-refractivity contribution is 0.208. The summed E-state index contributed by atoms with van der Waals surface area (Å²) in [5.74, 6) is 0.735. The van der Waals surface area contributed by atoms with Gasteiger partial charge in [-0.15, -0.1) is 0 Å². The SMILES string of the molecule is CC(C)(C)c1ccc(NC(=O)N2CCN(c3ncnc4ccc(-c5ccccc5C#N)nc34)CC2)cc1. The Kier molecular flexibility index (Phi) is 6.45. The summed E-state index contributed by atoms with van der Waals surface area (Å²) in [7, 11) is 0. The number of amides is 2. The van der Waals surface area contributed by atoms with Crippen LogP contribution < -0.4 is 10.2 Å². The van der Waals surface area contributed by atoms with Crippen molar-refractivity contribution in [3.63, 3.8) is 0 Å². The van der Waals surface area contributed by atoms with E-state index in [0.29, 0.717) is 43.0 Å². The molecule has 2 aromatic carbocycles. The number of hydrogen-bond donors (Lipinski definition) is 1. The number of carbonyl (C=O) groups is 1. The van der Waals surface area contributed by atoms with Crippen LogP contribution in [-0.4, -0.2) is 52.1 Å². The molecule has 3 heterocycles. The van der Waals surface area contributed by atoms with Gasteiger partial charge in [0.05, 0.1) is 22.8 Å². The van der Waals surface area contributed by atoms with Gasteiger partial charge in [0, 0.05) is 37.4 Å². The average molecular weight is 492 g/mol. The number of piperazine rings is 1. The largest absolute Gasteiger partial charge is 0.351 e. The highest BCUT2D eigenvalue weighted by Crippen LogP contribution is 2.28. The lowest BCUT2D eigenvalue weighted by Gasteiger charge is -2.35. The van der Waals surface area contributed by atoms with Crippen LogP contribution in [0.25, 0.3) is 22.3 Å². The van der Waals surface area contributed by atoms with Gasteiger partial charge in [0.2, 0.25) is 0 Å². The van der Waals surface area contributed by atoms with Crippen LogP contribution in [0.2, 0.25) is 0 Å². The lowest BCUT2D eigenvalue weighted by Crippen LogP contribution is -2.50. The van der Waals surface area contributed by atoms with Crippen molar-refractivity contribution in [3.8, 4) is 17.3 Å². The van der Waals surface area contributed by atoms with Crippen molar-refractivity contribution < 1.29 is 4.79 Å². The van der Waals surface area contributed by atoms with Crippen molar-refractivity contribution in [2.24, 2.45) is 0 Å². The number of pyridine rings is 1. The van der Waals surface area contributed by atoms with Gasteiger partial charge in [0.1, 0.15) is 11.8 Å². The standard InChI is InChI=1S/C29H29N7O/c1-29(2,3)21-8-10-22(11-9-21)33-28(37)36-16-14-35(15-17-36)27-26-25(31-19-32-27)13-12-24(34-26)23-7-5-4-6-20(23)18-30/h4-13,19H,14-17H2,1-3H3,(H,33,37). The summed E-state index contributed by atoms with van der Waals surface area (Å²) < 4.78 is 0. The number of hydrogen-bond acceptors (Lipinski definition) is 6. The molecule has 8 heteroatoms. The van der Waals surface area contributed by atoms with Crippen molar-refractivity contribution in [2.45, 2.75) is 26.2 Å². The number of anilines is 2. The van der Waals surface area contributed by atoms with Gasteiger partial charge < -0.3 is 15.1 Å². The zero-order valence-electron chi connectivity index (χ0n) is 21.3. The predicted molar refractivity (Wildman–Crippen MR) is 145 cm³/mol. The lowest BCUT2D eigenvalue weighted by atomic mass is 9.87. The number of nitrogens with zero attached hydrogens (tertiary/aromatic N) is 6. The Hall–Kier alpha value is -4.51. The molecule has 1 fully saturated rings. The van der Waals surface area contributed by atoms with Crippen LogP contribution in [0.1, 0.15) is 31.9 Å². The first kappa shape index (κ1) is 24.2. The Bertz CT molecular complexity index is 1480. The number of carbonyl (C=O) groups excluding carboxylic acids is 1. The van der Waals surface area contributed by atoms with Crippen molar-refractivity contribution in [2.75, 3.05) is 36.4 Å². The molecule has 1 saturated heterocycles. The van der Waals surface area contributed by atoms with Crippen LogP contribution in [0.5, 0.6) is 0 Å². The van der Waals surface area contributed by atoms with Crippen molar-refractivity contribution >= 4 is 28.6 Å². The van der Waals surface area contributed by atoms with E-state index in [9.17, 15) is 10.1 Å². The Morgan fingerprint density at radius 1 is 0.946 bits per heavy atom. The third-order valence-corrected chi connectivity index (χ3v) is 6.65. The Balaban J connectivity index is 1.30. The van der Waals surface area contributed by atoms with E-state index in [4.69, 9.17) is 4.98 Å². The predicted octanol–water partition coefficient (Wildman–Crippen LogP) is 5.22. The fourth-order valence-electron chi connectivity index (χ4n) is 4.49. The molecule has 0 unspecified atom stereocenters. The van der Waals surface area contributed by atoms with Gasteiger partial charge in [-0.2, -0.15) is 5.26 Å². The highest BCUT2D eigenvalue weighted by molar-refractivity contribution is 5.90. The first-order valence-corrected chi connectivity index (χ1v) is 12.4. The fraction of sp³-hybridized carbons (Fsp3) is 0.276. The Morgan fingerprint density at radius 2 is 1.68 bits per heavy atom. The second-order valence-corrected chi connectivity index (χ2v) is 10.2. The smallest absolute Gasteiger partial charge is 0.321 e. The van der Waals surface area contributed by atoms with E-state index in [-0.39, 0.29) is 11.4 Å². The molecule has 1 N–H and O–H groups in total. The number of nitriles is 1. The molecule has 0 aliphatic carbocycles. The first-order chi connectivity index (χ1) is 17.8. The van der Waals surface area contributed by atoms with E-state index in [1.807, 2.05) is 47.4 Å². The summed E-state index contributed by atoms with van der Waals surface area (Å²) in [6.07, 6.45) is 1.54. The normalized spacial score (nSPS) is 13.9. The van der Waals surface area contributed by atoms with Crippen LogP contribution >= 0.6 is 0 Å². The van der Waals surface area contributed by atoms with Gasteiger partial charge in [-0.25, -0.2) is 19.7 Å². The zero-order chi connectivity index (χ0) is 26.0. The van der Waals surface area contributed by atoms with Gasteiger partial charge in [0.15, 0.2) is 5.82 Å². The van der Waals surface area contributed by atoms with Crippen LogP contribution in [0.3, 0.4) is 0 Å². The Labute approximate surface area is 216 Å². The number of fused-ring (bicyclic) bond motifs is 1. The quantitative estimate of drug-likeness (QED) is 0.422. The number of urea groups is 1. The second kappa shape index (κ2) is 9.86. The van der Waals surface area contributed by atoms with Crippen molar-refractivity contribution in [1.29, 1.82) is 5.26 Å². The molecule has 4 aromatic rings. The molecule has 186 valence electrons. The Morgan fingerprint density at radius 3 is 2.38 bits per heavy atom. The molecule has 5 rings (SSSR count). The van der Waals surface area contributed by atoms with Crippen molar-refractivity contribution in [1.82, 2.24) is 19.9 Å². The molecule has 2 aromatic heterocycles. The maximum Gasteiger partial charge on any atom is 0.321 e. The number of benzene rings is 2. The summed E-state index contributed by atoms with van der Waals surface area (Å²) in [5, 5.41) is 12.5.